The van der Waals surface area contributed by atoms with Crippen molar-refractivity contribution in [2.24, 2.45) is 5.10 Å². The maximum Gasteiger partial charge on any atom is 0.265 e. The third kappa shape index (κ3) is 2.58. The van der Waals surface area contributed by atoms with E-state index in [1.54, 1.807) is 6.21 Å². The van der Waals surface area contributed by atoms with Crippen molar-refractivity contribution in [3.63, 3.8) is 0 Å². The number of anilines is 1. The van der Waals surface area contributed by atoms with Gasteiger partial charge in [-0.05, 0) is 31.0 Å². The summed E-state index contributed by atoms with van der Waals surface area (Å²) in [5, 5.41) is 13.6. The van der Waals surface area contributed by atoms with Crippen LogP contribution >= 0.6 is 0 Å². The maximum atomic E-state index is 4.43. The van der Waals surface area contributed by atoms with Crippen LogP contribution in [-0.4, -0.2) is 26.4 Å². The molecule has 0 saturated carbocycles. The zero-order valence-corrected chi connectivity index (χ0v) is 13.4. The van der Waals surface area contributed by atoms with Crippen LogP contribution in [0.25, 0.3) is 22.1 Å². The molecule has 0 atom stereocenters. The Morgan fingerprint density at radius 1 is 1.08 bits per heavy atom. The molecule has 2 aromatic heterocycles. The Hall–Kier alpha value is -3.28. The lowest BCUT2D eigenvalue weighted by molar-refractivity contribution is 1.01. The predicted octanol–water partition coefficient (Wildman–Crippen LogP) is 3.57. The van der Waals surface area contributed by atoms with E-state index in [1.807, 2.05) is 24.3 Å². The van der Waals surface area contributed by atoms with Gasteiger partial charge in [-0.1, -0.05) is 42.0 Å². The van der Waals surface area contributed by atoms with Gasteiger partial charge in [0.15, 0.2) is 5.65 Å². The monoisotopic (exact) mass is 316 g/mol. The number of nitrogens with one attached hydrogen (secondary N) is 2. The highest BCUT2D eigenvalue weighted by Gasteiger charge is 2.07. The van der Waals surface area contributed by atoms with Crippen LogP contribution in [0.1, 0.15) is 16.7 Å². The van der Waals surface area contributed by atoms with E-state index in [-0.39, 0.29) is 0 Å². The summed E-state index contributed by atoms with van der Waals surface area (Å²) >= 11 is 0. The van der Waals surface area contributed by atoms with Gasteiger partial charge < -0.3 is 4.98 Å². The zero-order chi connectivity index (χ0) is 16.5. The number of hydrazone groups is 1. The largest absolute Gasteiger partial charge is 0.338 e. The van der Waals surface area contributed by atoms with E-state index in [4.69, 9.17) is 0 Å². The minimum Gasteiger partial charge on any atom is -0.338 e. The van der Waals surface area contributed by atoms with Gasteiger partial charge in [-0.25, -0.2) is 5.43 Å². The van der Waals surface area contributed by atoms with Gasteiger partial charge in [0.2, 0.25) is 0 Å². The van der Waals surface area contributed by atoms with Gasteiger partial charge in [0, 0.05) is 10.9 Å². The Morgan fingerprint density at radius 2 is 1.96 bits per heavy atom. The number of fused-ring (bicyclic) bond motifs is 3. The summed E-state index contributed by atoms with van der Waals surface area (Å²) in [6.45, 7) is 4.11. The van der Waals surface area contributed by atoms with E-state index in [0.29, 0.717) is 11.6 Å². The summed E-state index contributed by atoms with van der Waals surface area (Å²) in [5.41, 5.74) is 8.70. The topological polar surface area (TPSA) is 78.8 Å². The first-order valence-corrected chi connectivity index (χ1v) is 7.68. The van der Waals surface area contributed by atoms with Crippen LogP contribution in [0.3, 0.4) is 0 Å². The number of benzene rings is 2. The fourth-order valence-corrected chi connectivity index (χ4v) is 2.63. The van der Waals surface area contributed by atoms with E-state index in [0.717, 1.165) is 27.5 Å². The molecule has 118 valence electrons. The highest BCUT2D eigenvalue weighted by molar-refractivity contribution is 6.03. The molecule has 0 aliphatic carbocycles. The molecule has 0 spiro atoms. The molecule has 0 aliphatic heterocycles. The molecule has 0 unspecified atom stereocenters. The van der Waals surface area contributed by atoms with E-state index in [2.05, 4.69) is 62.7 Å². The minimum atomic E-state index is 0.357. The van der Waals surface area contributed by atoms with Crippen molar-refractivity contribution in [2.45, 2.75) is 13.8 Å². The molecule has 6 heteroatoms. The number of nitrogens with zero attached hydrogens (tertiary/aromatic N) is 4. The van der Waals surface area contributed by atoms with Crippen LogP contribution in [0.5, 0.6) is 0 Å². The van der Waals surface area contributed by atoms with Gasteiger partial charge >= 0.3 is 0 Å². The number of hydrogen-bond acceptors (Lipinski definition) is 5. The second-order valence-electron chi connectivity index (χ2n) is 5.73. The van der Waals surface area contributed by atoms with Crippen molar-refractivity contribution >= 4 is 34.2 Å². The van der Waals surface area contributed by atoms with E-state index in [9.17, 15) is 0 Å². The van der Waals surface area contributed by atoms with Crippen LogP contribution in [0, 0.1) is 13.8 Å². The molecule has 2 aromatic carbocycles. The number of aromatic nitrogens is 4. The Bertz CT molecular complexity index is 1060. The highest BCUT2D eigenvalue weighted by Crippen LogP contribution is 2.21. The molecule has 6 nitrogen and oxygen atoms in total. The third-order valence-electron chi connectivity index (χ3n) is 3.92. The van der Waals surface area contributed by atoms with E-state index in [1.165, 1.54) is 5.56 Å². The first-order chi connectivity index (χ1) is 11.7. The van der Waals surface area contributed by atoms with Crippen LogP contribution < -0.4 is 5.43 Å². The maximum absolute atomic E-state index is 4.43. The number of para-hydroxylation sites is 1. The average molecular weight is 316 g/mol. The van der Waals surface area contributed by atoms with Gasteiger partial charge in [0.1, 0.15) is 5.52 Å². The number of H-pyrrole nitrogens is 1. The molecule has 0 radical (unpaired) electrons. The Balaban J connectivity index is 1.61. The lowest BCUT2D eigenvalue weighted by Gasteiger charge is -2.01. The third-order valence-corrected chi connectivity index (χ3v) is 3.92. The summed E-state index contributed by atoms with van der Waals surface area (Å²) in [4.78, 5) is 7.67. The lowest BCUT2D eigenvalue weighted by atomic mass is 10.1. The lowest BCUT2D eigenvalue weighted by Crippen LogP contribution is -1.99. The molecule has 0 bridgehead atoms. The second-order valence-corrected chi connectivity index (χ2v) is 5.73. The number of aromatic amines is 1. The summed E-state index contributed by atoms with van der Waals surface area (Å²) < 4.78 is 0. The molecule has 4 rings (SSSR count). The van der Waals surface area contributed by atoms with Crippen molar-refractivity contribution in [1.82, 2.24) is 20.2 Å². The van der Waals surface area contributed by atoms with Crippen molar-refractivity contribution in [2.75, 3.05) is 5.43 Å². The molecular formula is C18H16N6. The number of rotatable bonds is 3. The summed E-state index contributed by atoms with van der Waals surface area (Å²) in [6, 6.07) is 14.2. The van der Waals surface area contributed by atoms with Crippen LogP contribution in [-0.2, 0) is 0 Å². The Labute approximate surface area is 138 Å². The van der Waals surface area contributed by atoms with E-state index >= 15 is 0 Å². The quantitative estimate of drug-likeness (QED) is 0.447. The molecule has 0 saturated heterocycles. The Kier molecular flexibility index (Phi) is 3.42. The SMILES string of the molecule is Cc1ccc(C)c(/C=N\Nc2nnc3c(n2)[nH]c2ccccc23)c1. The van der Waals surface area contributed by atoms with Gasteiger partial charge in [0.05, 0.1) is 6.21 Å². The molecule has 2 N–H and O–H groups in total. The average Bonchev–Trinajstić information content (AvgIpc) is 2.96. The fraction of sp³-hybridized carbons (Fsp3) is 0.111. The van der Waals surface area contributed by atoms with Crippen molar-refractivity contribution in [3.05, 3.63) is 59.2 Å². The zero-order valence-electron chi connectivity index (χ0n) is 13.4. The van der Waals surface area contributed by atoms with Crippen molar-refractivity contribution in [3.8, 4) is 0 Å². The van der Waals surface area contributed by atoms with Crippen LogP contribution in [0.15, 0.2) is 47.6 Å². The molecule has 0 fully saturated rings. The first-order valence-electron chi connectivity index (χ1n) is 7.68. The van der Waals surface area contributed by atoms with Crippen LogP contribution in [0.2, 0.25) is 0 Å². The summed E-state index contributed by atoms with van der Waals surface area (Å²) in [7, 11) is 0. The van der Waals surface area contributed by atoms with Gasteiger partial charge in [0.25, 0.3) is 5.95 Å². The Morgan fingerprint density at radius 3 is 2.88 bits per heavy atom. The summed E-state index contributed by atoms with van der Waals surface area (Å²) in [6.07, 6.45) is 1.76. The normalized spacial score (nSPS) is 11.6. The molecule has 24 heavy (non-hydrogen) atoms. The molecular weight excluding hydrogens is 300 g/mol. The molecule has 0 aliphatic rings. The smallest absolute Gasteiger partial charge is 0.265 e. The van der Waals surface area contributed by atoms with Gasteiger partial charge in [-0.15, -0.1) is 10.2 Å². The minimum absolute atomic E-state index is 0.357. The summed E-state index contributed by atoms with van der Waals surface area (Å²) in [5.74, 6) is 0.357. The van der Waals surface area contributed by atoms with Gasteiger partial charge in [-0.3, -0.25) is 0 Å². The fourth-order valence-electron chi connectivity index (χ4n) is 2.63. The predicted molar refractivity (Wildman–Crippen MR) is 96.3 cm³/mol. The molecule has 2 heterocycles. The molecule has 0 amide bonds. The van der Waals surface area contributed by atoms with E-state index < -0.39 is 0 Å². The van der Waals surface area contributed by atoms with Crippen molar-refractivity contribution < 1.29 is 0 Å². The van der Waals surface area contributed by atoms with Gasteiger partial charge in [-0.2, -0.15) is 10.1 Å². The number of aryl methyl sites for hydroxylation is 2. The highest BCUT2D eigenvalue weighted by atomic mass is 15.4. The van der Waals surface area contributed by atoms with Crippen molar-refractivity contribution in [1.29, 1.82) is 0 Å². The van der Waals surface area contributed by atoms with Crippen LogP contribution in [0.4, 0.5) is 5.95 Å². The second kappa shape index (κ2) is 5.73. The number of hydrogen-bond donors (Lipinski definition) is 2. The standard InChI is InChI=1S/C18H16N6/c1-11-7-8-12(2)13(9-11)10-19-23-18-21-17-16(22-24-18)14-5-3-4-6-15(14)20-17/h3-10H,1-2H3,(H2,20,21,23,24)/b19-10-. The molecule has 4 aromatic rings. The first kappa shape index (κ1) is 14.3.